The summed E-state index contributed by atoms with van der Waals surface area (Å²) >= 11 is 1.73. The summed E-state index contributed by atoms with van der Waals surface area (Å²) in [5.41, 5.74) is 3.16. The van der Waals surface area contributed by atoms with Crippen molar-refractivity contribution in [1.82, 2.24) is 9.99 Å². The lowest BCUT2D eigenvalue weighted by molar-refractivity contribution is 0.493. The number of nitrogens with one attached hydrogen (secondary N) is 1. The predicted molar refractivity (Wildman–Crippen MR) is 56.9 cm³/mol. The van der Waals surface area contributed by atoms with Crippen LogP contribution in [0, 0.1) is 0 Å². The third-order valence-electron chi connectivity index (χ3n) is 1.71. The Morgan fingerprint density at radius 3 is 3.00 bits per heavy atom. The van der Waals surface area contributed by atoms with E-state index in [2.05, 4.69) is 21.9 Å². The first-order chi connectivity index (χ1) is 6.27. The summed E-state index contributed by atoms with van der Waals surface area (Å²) in [6.45, 7) is 0. The molecule has 0 aliphatic rings. The zero-order chi connectivity index (χ0) is 9.26. The highest BCUT2D eigenvalue weighted by Crippen LogP contribution is 2.25. The summed E-state index contributed by atoms with van der Waals surface area (Å²) in [6.07, 6.45) is 1.82. The first-order valence-corrected chi connectivity index (χ1v) is 4.91. The largest absolute Gasteiger partial charge is 0.303 e. The lowest BCUT2D eigenvalue weighted by Crippen LogP contribution is -2.20. The molecule has 0 fully saturated rings. The van der Waals surface area contributed by atoms with Crippen LogP contribution >= 0.6 is 11.3 Å². The molecule has 0 bridgehead atoms. The van der Waals surface area contributed by atoms with Crippen molar-refractivity contribution in [1.29, 1.82) is 0 Å². The third-order valence-corrected chi connectivity index (χ3v) is 2.59. The average molecular weight is 193 g/mol. The maximum Gasteiger partial charge on any atom is 0.149 e. The van der Waals surface area contributed by atoms with Crippen LogP contribution in [0.3, 0.4) is 0 Å². The standard InChI is InChI=1S/C9H11N3S/c1-12(2)11-9-7-4-6-13-8(7)3-5-10-9/h3-6H,1-2H3,(H,10,11). The van der Waals surface area contributed by atoms with Gasteiger partial charge in [-0.2, -0.15) is 0 Å². The van der Waals surface area contributed by atoms with Gasteiger partial charge in [0.1, 0.15) is 5.82 Å². The highest BCUT2D eigenvalue weighted by molar-refractivity contribution is 7.17. The lowest BCUT2D eigenvalue weighted by Gasteiger charge is -2.12. The highest BCUT2D eigenvalue weighted by Gasteiger charge is 2.02. The van der Waals surface area contributed by atoms with Crippen molar-refractivity contribution in [3.05, 3.63) is 23.7 Å². The number of pyridine rings is 1. The molecule has 0 spiro atoms. The molecule has 0 atom stereocenters. The van der Waals surface area contributed by atoms with Gasteiger partial charge in [-0.05, 0) is 17.5 Å². The number of nitrogens with zero attached hydrogens (tertiary/aromatic N) is 2. The second-order valence-electron chi connectivity index (χ2n) is 3.00. The van der Waals surface area contributed by atoms with Crippen molar-refractivity contribution in [2.45, 2.75) is 0 Å². The van der Waals surface area contributed by atoms with Crippen LogP contribution < -0.4 is 5.43 Å². The molecular weight excluding hydrogens is 182 g/mol. The molecule has 0 saturated heterocycles. The van der Waals surface area contributed by atoms with E-state index in [1.807, 2.05) is 31.4 Å². The van der Waals surface area contributed by atoms with Crippen LogP contribution in [0.15, 0.2) is 23.7 Å². The average Bonchev–Trinajstić information content (AvgIpc) is 2.51. The molecule has 0 saturated carbocycles. The first-order valence-electron chi connectivity index (χ1n) is 4.03. The molecule has 68 valence electrons. The van der Waals surface area contributed by atoms with Crippen molar-refractivity contribution in [3.63, 3.8) is 0 Å². The van der Waals surface area contributed by atoms with Crippen molar-refractivity contribution in [2.75, 3.05) is 19.5 Å². The molecule has 0 aliphatic heterocycles. The van der Waals surface area contributed by atoms with Crippen LogP contribution in [0.5, 0.6) is 0 Å². The van der Waals surface area contributed by atoms with Gasteiger partial charge in [-0.25, -0.2) is 9.99 Å². The Bertz CT molecular complexity index is 408. The van der Waals surface area contributed by atoms with E-state index in [4.69, 9.17) is 0 Å². The van der Waals surface area contributed by atoms with Gasteiger partial charge in [-0.15, -0.1) is 11.3 Å². The zero-order valence-corrected chi connectivity index (χ0v) is 8.43. The Hall–Kier alpha value is -1.13. The Morgan fingerprint density at radius 1 is 1.38 bits per heavy atom. The van der Waals surface area contributed by atoms with E-state index in [0.29, 0.717) is 0 Å². The SMILES string of the molecule is CN(C)Nc1nccc2sccc12. The van der Waals surface area contributed by atoms with E-state index in [1.54, 1.807) is 11.3 Å². The second kappa shape index (κ2) is 3.32. The maximum absolute atomic E-state index is 4.27. The summed E-state index contributed by atoms with van der Waals surface area (Å²) in [5, 5.41) is 5.15. The number of hydrogen-bond donors (Lipinski definition) is 1. The Kier molecular flexibility index (Phi) is 2.16. The van der Waals surface area contributed by atoms with Gasteiger partial charge >= 0.3 is 0 Å². The van der Waals surface area contributed by atoms with Crippen molar-refractivity contribution in [2.24, 2.45) is 0 Å². The summed E-state index contributed by atoms with van der Waals surface area (Å²) in [4.78, 5) is 4.27. The van der Waals surface area contributed by atoms with Gasteiger partial charge in [-0.1, -0.05) is 0 Å². The number of hydrogen-bond acceptors (Lipinski definition) is 4. The molecule has 13 heavy (non-hydrogen) atoms. The van der Waals surface area contributed by atoms with Gasteiger partial charge in [0.2, 0.25) is 0 Å². The van der Waals surface area contributed by atoms with Gasteiger partial charge in [0.25, 0.3) is 0 Å². The minimum Gasteiger partial charge on any atom is -0.303 e. The quantitative estimate of drug-likeness (QED) is 0.741. The molecule has 0 unspecified atom stereocenters. The van der Waals surface area contributed by atoms with Crippen molar-refractivity contribution in [3.8, 4) is 0 Å². The second-order valence-corrected chi connectivity index (χ2v) is 3.95. The van der Waals surface area contributed by atoms with Gasteiger partial charge in [-0.3, -0.25) is 0 Å². The zero-order valence-electron chi connectivity index (χ0n) is 7.61. The molecule has 4 heteroatoms. The molecule has 2 aromatic rings. The first kappa shape index (κ1) is 8.47. The Labute approximate surface area is 81.0 Å². The van der Waals surface area contributed by atoms with Crippen LogP contribution in [-0.4, -0.2) is 24.1 Å². The van der Waals surface area contributed by atoms with Gasteiger partial charge in [0.05, 0.1) is 0 Å². The molecule has 1 N–H and O–H groups in total. The van der Waals surface area contributed by atoms with E-state index in [9.17, 15) is 0 Å². The summed E-state index contributed by atoms with van der Waals surface area (Å²) < 4.78 is 1.26. The predicted octanol–water partition coefficient (Wildman–Crippen LogP) is 2.18. The van der Waals surface area contributed by atoms with Gasteiger partial charge < -0.3 is 5.43 Å². The lowest BCUT2D eigenvalue weighted by atomic mass is 10.3. The fourth-order valence-electron chi connectivity index (χ4n) is 1.20. The van der Waals surface area contributed by atoms with Crippen LogP contribution in [0.25, 0.3) is 10.1 Å². The fourth-order valence-corrected chi connectivity index (χ4v) is 1.98. The molecule has 2 aromatic heterocycles. The maximum atomic E-state index is 4.27. The number of thiophene rings is 1. The fraction of sp³-hybridized carbons (Fsp3) is 0.222. The number of anilines is 1. The monoisotopic (exact) mass is 193 g/mol. The Balaban J connectivity index is 2.48. The van der Waals surface area contributed by atoms with Crippen LogP contribution in [0.1, 0.15) is 0 Å². The highest BCUT2D eigenvalue weighted by atomic mass is 32.1. The third kappa shape index (κ3) is 1.64. The van der Waals surface area contributed by atoms with Gasteiger partial charge in [0, 0.05) is 30.4 Å². The molecule has 2 rings (SSSR count). The number of rotatable bonds is 2. The van der Waals surface area contributed by atoms with Crippen LogP contribution in [0.2, 0.25) is 0 Å². The topological polar surface area (TPSA) is 28.2 Å². The summed E-state index contributed by atoms with van der Waals surface area (Å²) in [5.74, 6) is 0.920. The molecule has 2 heterocycles. The molecular formula is C9H11N3S. The van der Waals surface area contributed by atoms with E-state index < -0.39 is 0 Å². The summed E-state index contributed by atoms with van der Waals surface area (Å²) in [6, 6.07) is 4.11. The minimum atomic E-state index is 0.920. The number of fused-ring (bicyclic) bond motifs is 1. The summed E-state index contributed by atoms with van der Waals surface area (Å²) in [7, 11) is 3.90. The molecule has 0 radical (unpaired) electrons. The van der Waals surface area contributed by atoms with Crippen LogP contribution in [0.4, 0.5) is 5.82 Å². The van der Waals surface area contributed by atoms with Crippen molar-refractivity contribution < 1.29 is 0 Å². The van der Waals surface area contributed by atoms with Gasteiger partial charge in [0.15, 0.2) is 0 Å². The number of hydrazine groups is 1. The van der Waals surface area contributed by atoms with Crippen molar-refractivity contribution >= 4 is 27.2 Å². The van der Waals surface area contributed by atoms with Crippen LogP contribution in [-0.2, 0) is 0 Å². The van der Waals surface area contributed by atoms with E-state index in [1.165, 1.54) is 10.1 Å². The molecule has 3 nitrogen and oxygen atoms in total. The molecule has 0 amide bonds. The smallest absolute Gasteiger partial charge is 0.149 e. The number of aromatic nitrogens is 1. The normalized spacial score (nSPS) is 11.0. The van der Waals surface area contributed by atoms with E-state index >= 15 is 0 Å². The van der Waals surface area contributed by atoms with E-state index in [-0.39, 0.29) is 0 Å². The van der Waals surface area contributed by atoms with E-state index in [0.717, 1.165) is 5.82 Å². The molecule has 0 aromatic carbocycles. The Morgan fingerprint density at radius 2 is 2.23 bits per heavy atom. The minimum absolute atomic E-state index is 0.920. The molecule has 0 aliphatic carbocycles.